The van der Waals surface area contributed by atoms with Crippen molar-refractivity contribution in [1.29, 1.82) is 0 Å². The van der Waals surface area contributed by atoms with Crippen LogP contribution in [-0.4, -0.2) is 31.3 Å². The van der Waals surface area contributed by atoms with Crippen molar-refractivity contribution in [2.75, 3.05) is 14.2 Å². The van der Waals surface area contributed by atoms with Crippen LogP contribution in [-0.2, 0) is 25.0 Å². The van der Waals surface area contributed by atoms with Crippen LogP contribution in [0.4, 0.5) is 0 Å². The van der Waals surface area contributed by atoms with E-state index in [1.165, 1.54) is 14.2 Å². The first kappa shape index (κ1) is 17.3. The second kappa shape index (κ2) is 7.91. The van der Waals surface area contributed by atoms with Gasteiger partial charge in [-0.2, -0.15) is 0 Å². The lowest BCUT2D eigenvalue weighted by Crippen LogP contribution is -2.34. The molecule has 0 radical (unpaired) electrons. The number of benzene rings is 1. The van der Waals surface area contributed by atoms with Crippen molar-refractivity contribution in [2.45, 2.75) is 32.4 Å². The Morgan fingerprint density at radius 1 is 1.15 bits per heavy atom. The highest BCUT2D eigenvalue weighted by molar-refractivity contribution is 7.54. The fraction of sp³-hybridized carbons (Fsp3) is 0.571. The number of rotatable bonds is 8. The topological polar surface area (TPSA) is 65.0 Å². The molecule has 1 N–H and O–H groups in total. The average molecular weight is 302 g/mol. The highest BCUT2D eigenvalue weighted by Crippen LogP contribution is 2.53. The van der Waals surface area contributed by atoms with Gasteiger partial charge < -0.3 is 18.9 Å². The second-order valence-corrected chi connectivity index (χ2v) is 7.16. The van der Waals surface area contributed by atoms with Crippen molar-refractivity contribution in [3.63, 3.8) is 0 Å². The third kappa shape index (κ3) is 4.40. The van der Waals surface area contributed by atoms with Crippen molar-refractivity contribution < 1.29 is 23.5 Å². The van der Waals surface area contributed by atoms with Gasteiger partial charge >= 0.3 is 7.60 Å². The van der Waals surface area contributed by atoms with E-state index in [0.29, 0.717) is 6.61 Å². The minimum atomic E-state index is -3.57. The first-order valence-corrected chi connectivity index (χ1v) is 8.10. The smallest absolute Gasteiger partial charge is 0.361 e. The van der Waals surface area contributed by atoms with Crippen LogP contribution < -0.4 is 0 Å². The van der Waals surface area contributed by atoms with Crippen LogP contribution in [0.25, 0.3) is 0 Å². The molecule has 5 nitrogen and oxygen atoms in total. The maximum absolute atomic E-state index is 12.2. The molecule has 0 saturated heterocycles. The molecule has 0 aliphatic heterocycles. The van der Waals surface area contributed by atoms with Crippen molar-refractivity contribution in [1.82, 2.24) is 0 Å². The van der Waals surface area contributed by atoms with Gasteiger partial charge in [-0.1, -0.05) is 44.2 Å². The van der Waals surface area contributed by atoms with Gasteiger partial charge in [-0.15, -0.1) is 0 Å². The number of ether oxygens (including phenoxy) is 1. The lowest BCUT2D eigenvalue weighted by atomic mass is 10.1. The van der Waals surface area contributed by atoms with E-state index < -0.39 is 19.5 Å². The molecule has 0 unspecified atom stereocenters. The zero-order valence-electron chi connectivity index (χ0n) is 12.4. The summed E-state index contributed by atoms with van der Waals surface area (Å²) >= 11 is 0. The molecular weight excluding hydrogens is 279 g/mol. The summed E-state index contributed by atoms with van der Waals surface area (Å²) in [5.41, 5.74) is 0.981. The number of aliphatic hydroxyl groups is 1. The second-order valence-electron chi connectivity index (χ2n) is 4.82. The van der Waals surface area contributed by atoms with Crippen LogP contribution in [0.3, 0.4) is 0 Å². The van der Waals surface area contributed by atoms with Crippen molar-refractivity contribution in [2.24, 2.45) is 5.92 Å². The Labute approximate surface area is 120 Å². The molecule has 0 amide bonds. The fourth-order valence-electron chi connectivity index (χ4n) is 1.86. The molecule has 0 heterocycles. The maximum atomic E-state index is 12.2. The van der Waals surface area contributed by atoms with Gasteiger partial charge in [0.15, 0.2) is 5.85 Å². The molecule has 6 heteroatoms. The molecule has 0 saturated carbocycles. The van der Waals surface area contributed by atoms with Crippen molar-refractivity contribution in [3.8, 4) is 0 Å². The minimum Gasteiger partial charge on any atom is -0.378 e. The third-order valence-electron chi connectivity index (χ3n) is 3.07. The molecule has 2 atom stereocenters. The van der Waals surface area contributed by atoms with Crippen LogP contribution in [0, 0.1) is 5.92 Å². The van der Waals surface area contributed by atoms with Gasteiger partial charge in [-0.25, -0.2) is 0 Å². The quantitative estimate of drug-likeness (QED) is 0.748. The number of hydrogen-bond acceptors (Lipinski definition) is 5. The molecule has 114 valence electrons. The van der Waals surface area contributed by atoms with E-state index in [0.717, 1.165) is 5.56 Å². The Hall–Kier alpha value is -0.710. The molecule has 20 heavy (non-hydrogen) atoms. The molecule has 1 rings (SSSR count). The van der Waals surface area contributed by atoms with Gasteiger partial charge in [0.1, 0.15) is 0 Å². The number of aliphatic hydroxyl groups excluding tert-OH is 1. The lowest BCUT2D eigenvalue weighted by Gasteiger charge is -2.30. The van der Waals surface area contributed by atoms with Gasteiger partial charge in [-0.3, -0.25) is 4.57 Å². The summed E-state index contributed by atoms with van der Waals surface area (Å²) in [6.07, 6.45) is -0.638. The van der Waals surface area contributed by atoms with Gasteiger partial charge in [0.25, 0.3) is 0 Å². The molecule has 0 aliphatic carbocycles. The van der Waals surface area contributed by atoms with Crippen molar-refractivity contribution in [3.05, 3.63) is 35.9 Å². The summed E-state index contributed by atoms with van der Waals surface area (Å²) in [4.78, 5) is 0. The molecular formula is C14H23O5P. The summed E-state index contributed by atoms with van der Waals surface area (Å²) in [5, 5.41) is 10.2. The fourth-order valence-corrected chi connectivity index (χ4v) is 3.23. The Bertz CT molecular complexity index is 426. The SMILES string of the molecule is COP(=O)(OC)[C@@H](O)[C@@H](OCc1ccccc1)C(C)C. The lowest BCUT2D eigenvalue weighted by molar-refractivity contribution is -0.0490. The normalized spacial score (nSPS) is 15.3. The Balaban J connectivity index is 2.77. The largest absolute Gasteiger partial charge is 0.378 e. The molecule has 0 bridgehead atoms. The van der Waals surface area contributed by atoms with Crippen LogP contribution in [0.2, 0.25) is 0 Å². The summed E-state index contributed by atoms with van der Waals surface area (Å²) in [6.45, 7) is 4.09. The first-order valence-electron chi connectivity index (χ1n) is 6.49. The van der Waals surface area contributed by atoms with Gasteiger partial charge in [0, 0.05) is 14.2 Å². The molecule has 0 aromatic heterocycles. The van der Waals surface area contributed by atoms with Gasteiger partial charge in [0.05, 0.1) is 12.7 Å². The van der Waals surface area contributed by atoms with E-state index in [1.807, 2.05) is 44.2 Å². The summed E-state index contributed by atoms with van der Waals surface area (Å²) in [6, 6.07) is 9.59. The monoisotopic (exact) mass is 302 g/mol. The summed E-state index contributed by atoms with van der Waals surface area (Å²) < 4.78 is 27.6. The standard InChI is InChI=1S/C14H23O5P/c1-11(2)13(14(15)20(16,17-3)18-4)19-10-12-8-6-5-7-9-12/h5-9,11,13-15H,10H2,1-4H3/t13-,14+/m0/s1. The van der Waals surface area contributed by atoms with E-state index in [9.17, 15) is 9.67 Å². The van der Waals surface area contributed by atoms with E-state index in [4.69, 9.17) is 13.8 Å². The van der Waals surface area contributed by atoms with Gasteiger partial charge in [0.2, 0.25) is 0 Å². The molecule has 1 aromatic carbocycles. The maximum Gasteiger partial charge on any atom is 0.361 e. The Kier molecular flexibility index (Phi) is 6.86. The Morgan fingerprint density at radius 3 is 2.15 bits per heavy atom. The predicted octanol–water partition coefficient (Wildman–Crippen LogP) is 3.03. The highest BCUT2D eigenvalue weighted by atomic mass is 31.2. The van der Waals surface area contributed by atoms with Crippen LogP contribution in [0.1, 0.15) is 19.4 Å². The van der Waals surface area contributed by atoms with E-state index >= 15 is 0 Å². The Morgan fingerprint density at radius 2 is 1.70 bits per heavy atom. The highest BCUT2D eigenvalue weighted by Gasteiger charge is 2.40. The van der Waals surface area contributed by atoms with Crippen molar-refractivity contribution >= 4 is 7.60 Å². The predicted molar refractivity (Wildman–Crippen MR) is 77.5 cm³/mol. The average Bonchev–Trinajstić information content (AvgIpc) is 2.47. The molecule has 0 fully saturated rings. The van der Waals surface area contributed by atoms with Crippen LogP contribution in [0.15, 0.2) is 30.3 Å². The number of hydrogen-bond donors (Lipinski definition) is 1. The third-order valence-corrected chi connectivity index (χ3v) is 5.03. The van der Waals surface area contributed by atoms with Gasteiger partial charge in [-0.05, 0) is 11.5 Å². The first-order chi connectivity index (χ1) is 9.44. The minimum absolute atomic E-state index is 0.0349. The summed E-state index contributed by atoms with van der Waals surface area (Å²) in [7, 11) is -1.07. The van der Waals surface area contributed by atoms with Crippen LogP contribution >= 0.6 is 7.60 Å². The zero-order chi connectivity index (χ0) is 15.2. The van der Waals surface area contributed by atoms with E-state index in [2.05, 4.69) is 0 Å². The summed E-state index contributed by atoms with van der Waals surface area (Å²) in [5.74, 6) is -1.35. The molecule has 0 aliphatic rings. The van der Waals surface area contributed by atoms with Crippen LogP contribution in [0.5, 0.6) is 0 Å². The van der Waals surface area contributed by atoms with E-state index in [-0.39, 0.29) is 5.92 Å². The zero-order valence-corrected chi connectivity index (χ0v) is 13.2. The van der Waals surface area contributed by atoms with E-state index in [1.54, 1.807) is 0 Å². The molecule has 1 aromatic rings. The molecule has 0 spiro atoms.